The largest absolute Gasteiger partial charge is 0.439 e. The minimum absolute atomic E-state index is 0.0130. The third-order valence-corrected chi connectivity index (χ3v) is 6.66. The van der Waals surface area contributed by atoms with Crippen molar-refractivity contribution in [1.82, 2.24) is 20.3 Å². The molecule has 6 rings (SSSR count). The van der Waals surface area contributed by atoms with Crippen molar-refractivity contribution >= 4 is 5.82 Å². The van der Waals surface area contributed by atoms with Gasteiger partial charge in [0.25, 0.3) is 0 Å². The van der Waals surface area contributed by atoms with Gasteiger partial charge in [0.2, 0.25) is 0 Å². The molecule has 4 heterocycles. The summed E-state index contributed by atoms with van der Waals surface area (Å²) in [4.78, 5) is 20.3. The van der Waals surface area contributed by atoms with Crippen molar-refractivity contribution in [3.63, 3.8) is 0 Å². The Morgan fingerprint density at radius 1 is 1.03 bits per heavy atom. The van der Waals surface area contributed by atoms with Crippen molar-refractivity contribution in [3.8, 4) is 22.6 Å². The predicted octanol–water partition coefficient (Wildman–Crippen LogP) is 4.42. The first-order valence-electron chi connectivity index (χ1n) is 11.9. The molecule has 1 N–H and O–H groups in total. The summed E-state index contributed by atoms with van der Waals surface area (Å²) in [5, 5.41) is 7.70. The fourth-order valence-electron chi connectivity index (χ4n) is 4.57. The number of anilines is 1. The van der Waals surface area contributed by atoms with Crippen LogP contribution in [-0.4, -0.2) is 39.5 Å². The lowest BCUT2D eigenvalue weighted by molar-refractivity contribution is 0.0245. The number of rotatable bonds is 7. The van der Waals surface area contributed by atoms with Gasteiger partial charge in [-0.1, -0.05) is 16.4 Å². The maximum atomic E-state index is 14.5. The second kappa shape index (κ2) is 9.30. The molecule has 1 saturated heterocycles. The molecule has 9 nitrogen and oxygen atoms in total. The molecule has 11 heteroatoms. The van der Waals surface area contributed by atoms with E-state index in [-0.39, 0.29) is 29.9 Å². The normalized spacial score (nSPS) is 16.6. The highest BCUT2D eigenvalue weighted by molar-refractivity contribution is 5.65. The first-order chi connectivity index (χ1) is 17.6. The summed E-state index contributed by atoms with van der Waals surface area (Å²) in [6.07, 6.45) is 5.11. The van der Waals surface area contributed by atoms with Gasteiger partial charge in [-0.05, 0) is 49.9 Å². The summed E-state index contributed by atoms with van der Waals surface area (Å²) in [6, 6.07) is 7.47. The minimum atomic E-state index is -0.673. The average Bonchev–Trinajstić information content (AvgIpc) is 3.51. The maximum absolute atomic E-state index is 14.5. The molecule has 0 radical (unpaired) electrons. The monoisotopic (exact) mass is 495 g/mol. The van der Waals surface area contributed by atoms with Crippen LogP contribution in [0, 0.1) is 11.6 Å². The molecule has 2 aliphatic rings. The molecule has 4 aromatic rings. The number of pyridine rings is 1. The predicted molar refractivity (Wildman–Crippen MR) is 124 cm³/mol. The summed E-state index contributed by atoms with van der Waals surface area (Å²) in [7, 11) is 0. The van der Waals surface area contributed by atoms with Gasteiger partial charge in [-0.25, -0.2) is 18.6 Å². The van der Waals surface area contributed by atoms with Crippen LogP contribution in [0.5, 0.6) is 0 Å². The quantitative estimate of drug-likeness (QED) is 0.401. The number of benzene rings is 1. The first kappa shape index (κ1) is 22.6. The molecule has 0 amide bonds. The summed E-state index contributed by atoms with van der Waals surface area (Å²) in [6.45, 7) is 1.67. The van der Waals surface area contributed by atoms with Crippen molar-refractivity contribution in [2.24, 2.45) is 0 Å². The highest BCUT2D eigenvalue weighted by Crippen LogP contribution is 2.45. The Kier molecular flexibility index (Phi) is 5.84. The molecule has 1 saturated carbocycles. The van der Waals surface area contributed by atoms with Gasteiger partial charge in [0.05, 0.1) is 18.3 Å². The molecule has 0 spiro atoms. The van der Waals surface area contributed by atoms with Gasteiger partial charge in [0, 0.05) is 36.3 Å². The molecule has 3 aromatic heterocycles. The Morgan fingerprint density at radius 2 is 1.81 bits per heavy atom. The van der Waals surface area contributed by atoms with E-state index in [1.54, 1.807) is 6.20 Å². The van der Waals surface area contributed by atoms with Crippen LogP contribution in [0.1, 0.15) is 42.9 Å². The molecular weight excluding hydrogens is 472 g/mol. The third kappa shape index (κ3) is 4.41. The summed E-state index contributed by atoms with van der Waals surface area (Å²) < 4.78 is 45.2. The zero-order chi connectivity index (χ0) is 24.6. The van der Waals surface area contributed by atoms with Crippen LogP contribution in [0.25, 0.3) is 22.6 Å². The van der Waals surface area contributed by atoms with E-state index >= 15 is 0 Å². The van der Waals surface area contributed by atoms with Crippen molar-refractivity contribution in [1.29, 1.82) is 0 Å². The minimum Gasteiger partial charge on any atom is -0.373 e. The highest BCUT2D eigenvalue weighted by Gasteiger charge is 2.34. The molecule has 186 valence electrons. The van der Waals surface area contributed by atoms with Gasteiger partial charge < -0.3 is 14.2 Å². The summed E-state index contributed by atoms with van der Waals surface area (Å²) in [5.74, 6) is 0.0871. The lowest BCUT2D eigenvalue weighted by Gasteiger charge is -2.32. The van der Waals surface area contributed by atoms with E-state index in [1.807, 2.05) is 12.1 Å². The van der Waals surface area contributed by atoms with E-state index in [0.29, 0.717) is 22.7 Å². The van der Waals surface area contributed by atoms with Gasteiger partial charge >= 0.3 is 5.76 Å². The van der Waals surface area contributed by atoms with E-state index in [2.05, 4.69) is 29.7 Å². The van der Waals surface area contributed by atoms with Crippen LogP contribution in [0.3, 0.4) is 0 Å². The number of aromatic amines is 1. The van der Waals surface area contributed by atoms with E-state index < -0.39 is 17.4 Å². The Labute approximate surface area is 204 Å². The van der Waals surface area contributed by atoms with Gasteiger partial charge in [0.15, 0.2) is 5.82 Å². The average molecular weight is 495 g/mol. The number of halogens is 2. The van der Waals surface area contributed by atoms with Crippen LogP contribution >= 0.6 is 0 Å². The number of aromatic nitrogens is 4. The van der Waals surface area contributed by atoms with Gasteiger partial charge in [-0.3, -0.25) is 9.51 Å². The fourth-order valence-corrected chi connectivity index (χ4v) is 4.57. The smallest absolute Gasteiger partial charge is 0.373 e. The maximum Gasteiger partial charge on any atom is 0.439 e. The first-order valence-corrected chi connectivity index (χ1v) is 11.9. The highest BCUT2D eigenvalue weighted by atomic mass is 19.1. The lowest BCUT2D eigenvalue weighted by atomic mass is 10.0. The van der Waals surface area contributed by atoms with E-state index in [1.165, 1.54) is 18.2 Å². The van der Waals surface area contributed by atoms with Crippen molar-refractivity contribution in [2.45, 2.75) is 44.3 Å². The van der Waals surface area contributed by atoms with Crippen LogP contribution < -0.4 is 10.7 Å². The van der Waals surface area contributed by atoms with Gasteiger partial charge in [0.1, 0.15) is 28.9 Å². The molecule has 2 fully saturated rings. The van der Waals surface area contributed by atoms with Crippen molar-refractivity contribution < 1.29 is 22.6 Å². The van der Waals surface area contributed by atoms with Gasteiger partial charge in [-0.2, -0.15) is 0 Å². The third-order valence-electron chi connectivity index (χ3n) is 6.66. The molecule has 1 aromatic carbocycles. The van der Waals surface area contributed by atoms with E-state index in [0.717, 1.165) is 44.6 Å². The Morgan fingerprint density at radius 3 is 2.44 bits per heavy atom. The van der Waals surface area contributed by atoms with Crippen LogP contribution in [0.2, 0.25) is 0 Å². The second-order valence-corrected chi connectivity index (χ2v) is 9.09. The Bertz CT molecular complexity index is 1400. The van der Waals surface area contributed by atoms with Crippen LogP contribution in [-0.2, 0) is 11.3 Å². The molecule has 0 bridgehead atoms. The molecule has 36 heavy (non-hydrogen) atoms. The Hall–Kier alpha value is -3.86. The number of piperidine rings is 1. The SMILES string of the molecule is O=c1[nH]c(-c2ccc(N3CCC(OCc4c(-c5c(F)cccc5F)noc4C4CC4)CC3)nc2)no1. The molecule has 0 unspecified atom stereocenters. The number of ether oxygens (including phenoxy) is 1. The van der Waals surface area contributed by atoms with Gasteiger partial charge in [-0.15, -0.1) is 0 Å². The van der Waals surface area contributed by atoms with Crippen molar-refractivity contribution in [2.75, 3.05) is 18.0 Å². The zero-order valence-corrected chi connectivity index (χ0v) is 19.2. The fraction of sp³-hybridized carbons (Fsp3) is 0.360. The summed E-state index contributed by atoms with van der Waals surface area (Å²) in [5.41, 5.74) is 1.30. The number of hydrogen-bond acceptors (Lipinski definition) is 8. The number of H-pyrrole nitrogens is 1. The van der Waals surface area contributed by atoms with Crippen LogP contribution in [0.4, 0.5) is 14.6 Å². The Balaban J connectivity index is 1.11. The molecule has 1 aliphatic heterocycles. The lowest BCUT2D eigenvalue weighted by Crippen LogP contribution is -2.37. The molecular formula is C25H23F2N5O4. The zero-order valence-electron chi connectivity index (χ0n) is 19.2. The molecule has 0 atom stereocenters. The number of hydrogen-bond donors (Lipinski definition) is 1. The number of nitrogens with one attached hydrogen (secondary N) is 1. The topological polar surface area (TPSA) is 110 Å². The molecule has 1 aliphatic carbocycles. The van der Waals surface area contributed by atoms with Crippen molar-refractivity contribution in [3.05, 3.63) is 70.0 Å². The second-order valence-electron chi connectivity index (χ2n) is 9.09. The van der Waals surface area contributed by atoms with E-state index in [4.69, 9.17) is 9.26 Å². The summed E-state index contributed by atoms with van der Waals surface area (Å²) >= 11 is 0. The van der Waals surface area contributed by atoms with E-state index in [9.17, 15) is 13.6 Å². The van der Waals surface area contributed by atoms with Crippen LogP contribution in [0.15, 0.2) is 50.4 Å². The number of nitrogens with zero attached hydrogens (tertiary/aromatic N) is 4. The standard InChI is InChI=1S/C25H23F2N5O4/c26-18-2-1-3-19(27)21(18)22-17(23(35-30-22)14-4-5-14)13-34-16-8-10-32(11-9-16)20-7-6-15(12-28-20)24-29-25(33)36-31-24/h1-3,6-7,12,14,16H,4-5,8-11,13H2,(H,29,31,33).